The van der Waals surface area contributed by atoms with E-state index in [1.807, 2.05) is 24.0 Å². The van der Waals surface area contributed by atoms with Crippen molar-refractivity contribution in [1.29, 1.82) is 0 Å². The van der Waals surface area contributed by atoms with Gasteiger partial charge in [0.2, 0.25) is 0 Å². The Bertz CT molecular complexity index is 1500. The zero-order chi connectivity index (χ0) is 26.4. The molecule has 1 aliphatic heterocycles. The van der Waals surface area contributed by atoms with Gasteiger partial charge in [0.05, 0.1) is 28.9 Å². The fourth-order valence-corrected chi connectivity index (χ4v) is 6.53. The Balaban J connectivity index is 1.35. The Kier molecular flexibility index (Phi) is 6.70. The van der Waals surface area contributed by atoms with E-state index in [0.29, 0.717) is 5.92 Å². The maximum atomic E-state index is 13.4. The van der Waals surface area contributed by atoms with Gasteiger partial charge >= 0.3 is 5.69 Å². The number of methoxy groups -OCH3 is 1. The van der Waals surface area contributed by atoms with Gasteiger partial charge in [0.15, 0.2) is 0 Å². The lowest BCUT2D eigenvalue weighted by atomic mass is 9.92. The summed E-state index contributed by atoms with van der Waals surface area (Å²) in [5, 5.41) is 1.02. The number of anilines is 1. The summed E-state index contributed by atoms with van der Waals surface area (Å²) in [5.74, 6) is 1.73. The summed E-state index contributed by atoms with van der Waals surface area (Å²) in [6, 6.07) is 10.8. The number of hydrogen-bond acceptors (Lipinski definition) is 6. The van der Waals surface area contributed by atoms with Crippen molar-refractivity contribution in [3.63, 3.8) is 0 Å². The van der Waals surface area contributed by atoms with E-state index < -0.39 is 0 Å². The van der Waals surface area contributed by atoms with Crippen LogP contribution in [0.4, 0.5) is 5.82 Å². The smallest absolute Gasteiger partial charge is 0.329 e. The Morgan fingerprint density at radius 3 is 2.50 bits per heavy atom. The molecule has 200 valence electrons. The van der Waals surface area contributed by atoms with Crippen LogP contribution in [-0.2, 0) is 11.8 Å². The number of fused-ring (bicyclic) bond motifs is 3. The van der Waals surface area contributed by atoms with Crippen molar-refractivity contribution in [3.05, 3.63) is 53.2 Å². The Morgan fingerprint density at radius 1 is 1.00 bits per heavy atom. The van der Waals surface area contributed by atoms with Crippen LogP contribution in [0.25, 0.3) is 33.1 Å². The third-order valence-electron chi connectivity index (χ3n) is 8.57. The standard InChI is InChI=1S/C30H38N6O2/c1-33(2)18-20-13-14-35(19-20)28-12-6-22(16-32-28)21-5-11-26-25(15-21)29-27(17-31-26)34(3)30(37)36(29)23-7-9-24(38-4)10-8-23/h5-6,11-12,15-17,20,23-24H,7-10,13-14,18-19H2,1-4H3/t20-,23?,24?/m0/s1. The second kappa shape index (κ2) is 10.2. The van der Waals surface area contributed by atoms with E-state index >= 15 is 0 Å². The third-order valence-corrected chi connectivity index (χ3v) is 8.57. The fraction of sp³-hybridized carbons (Fsp3) is 0.500. The molecule has 0 amide bonds. The van der Waals surface area contributed by atoms with Crippen LogP contribution in [0.2, 0.25) is 0 Å². The largest absolute Gasteiger partial charge is 0.381 e. The van der Waals surface area contributed by atoms with Gasteiger partial charge in [-0.25, -0.2) is 9.78 Å². The summed E-state index contributed by atoms with van der Waals surface area (Å²) >= 11 is 0. The summed E-state index contributed by atoms with van der Waals surface area (Å²) in [5.41, 5.74) is 4.96. The summed E-state index contributed by atoms with van der Waals surface area (Å²) in [7, 11) is 7.92. The Labute approximate surface area is 223 Å². The minimum Gasteiger partial charge on any atom is -0.381 e. The van der Waals surface area contributed by atoms with Crippen LogP contribution in [0.3, 0.4) is 0 Å². The highest BCUT2D eigenvalue weighted by molar-refractivity contribution is 6.04. The third kappa shape index (κ3) is 4.50. The average Bonchev–Trinajstić information content (AvgIpc) is 3.50. The lowest BCUT2D eigenvalue weighted by Gasteiger charge is -2.28. The molecule has 0 N–H and O–H groups in total. The quantitative estimate of drug-likeness (QED) is 0.378. The predicted octanol–water partition coefficient (Wildman–Crippen LogP) is 4.47. The first kappa shape index (κ1) is 25.1. The van der Waals surface area contributed by atoms with Crippen molar-refractivity contribution in [2.45, 2.75) is 44.2 Å². The van der Waals surface area contributed by atoms with E-state index in [9.17, 15) is 4.79 Å². The number of nitrogens with zero attached hydrogens (tertiary/aromatic N) is 6. The van der Waals surface area contributed by atoms with Crippen molar-refractivity contribution in [3.8, 4) is 11.1 Å². The highest BCUT2D eigenvalue weighted by atomic mass is 16.5. The first-order valence-corrected chi connectivity index (χ1v) is 13.8. The first-order valence-electron chi connectivity index (χ1n) is 13.8. The molecule has 2 aliphatic rings. The zero-order valence-corrected chi connectivity index (χ0v) is 22.9. The van der Waals surface area contributed by atoms with Crippen LogP contribution in [0.15, 0.2) is 47.5 Å². The molecule has 1 aliphatic carbocycles. The van der Waals surface area contributed by atoms with Gasteiger partial charge in [-0.2, -0.15) is 0 Å². The molecule has 0 unspecified atom stereocenters. The average molecular weight is 515 g/mol. The van der Waals surface area contributed by atoms with Crippen LogP contribution in [0.1, 0.15) is 38.1 Å². The highest BCUT2D eigenvalue weighted by Gasteiger charge is 2.27. The second-order valence-corrected chi connectivity index (χ2v) is 11.4. The molecular weight excluding hydrogens is 476 g/mol. The number of ether oxygens (including phenoxy) is 1. The van der Waals surface area contributed by atoms with E-state index in [0.717, 1.165) is 84.2 Å². The van der Waals surface area contributed by atoms with E-state index in [2.05, 4.69) is 54.2 Å². The molecule has 6 rings (SSSR count). The molecule has 8 nitrogen and oxygen atoms in total. The maximum Gasteiger partial charge on any atom is 0.329 e. The topological polar surface area (TPSA) is 68.4 Å². The number of pyridine rings is 2. The minimum atomic E-state index is 0.0322. The Morgan fingerprint density at radius 2 is 1.79 bits per heavy atom. The van der Waals surface area contributed by atoms with Crippen LogP contribution >= 0.6 is 0 Å². The van der Waals surface area contributed by atoms with Crippen molar-refractivity contribution >= 4 is 27.8 Å². The number of aromatic nitrogens is 4. The SMILES string of the molecule is COC1CCC(n2c(=O)n(C)c3cnc4ccc(-c5ccc(N6CC[C@@H](CN(C)C)C6)nc5)cc4c32)CC1. The summed E-state index contributed by atoms with van der Waals surface area (Å²) in [6.07, 6.45) is 9.15. The lowest BCUT2D eigenvalue weighted by Crippen LogP contribution is -2.30. The van der Waals surface area contributed by atoms with Crippen LogP contribution in [-0.4, -0.2) is 70.9 Å². The number of benzene rings is 1. The minimum absolute atomic E-state index is 0.0322. The molecule has 0 bridgehead atoms. The zero-order valence-electron chi connectivity index (χ0n) is 22.9. The van der Waals surface area contributed by atoms with Crippen molar-refractivity contribution in [2.75, 3.05) is 45.7 Å². The number of hydrogen-bond donors (Lipinski definition) is 0. The normalized spacial score (nSPS) is 22.2. The molecule has 1 saturated heterocycles. The van der Waals surface area contributed by atoms with Gasteiger partial charge < -0.3 is 14.5 Å². The molecule has 4 aromatic rings. The summed E-state index contributed by atoms with van der Waals surface area (Å²) < 4.78 is 9.35. The van der Waals surface area contributed by atoms with Crippen LogP contribution in [0, 0.1) is 5.92 Å². The molecule has 8 heteroatoms. The predicted molar refractivity (Wildman–Crippen MR) is 153 cm³/mol. The van der Waals surface area contributed by atoms with Gasteiger partial charge in [-0.05, 0) is 81.9 Å². The van der Waals surface area contributed by atoms with Gasteiger partial charge in [0.25, 0.3) is 0 Å². The number of imidazole rings is 1. The van der Waals surface area contributed by atoms with E-state index in [1.54, 1.807) is 11.7 Å². The molecular formula is C30H38N6O2. The molecule has 0 radical (unpaired) electrons. The molecule has 0 spiro atoms. The maximum absolute atomic E-state index is 13.4. The molecule has 2 fully saturated rings. The van der Waals surface area contributed by atoms with Gasteiger partial charge in [0, 0.05) is 57.0 Å². The van der Waals surface area contributed by atoms with Gasteiger partial charge in [-0.3, -0.25) is 14.1 Å². The van der Waals surface area contributed by atoms with Crippen LogP contribution < -0.4 is 10.6 Å². The summed E-state index contributed by atoms with van der Waals surface area (Å²) in [6.45, 7) is 3.23. The van der Waals surface area contributed by atoms with Crippen molar-refractivity contribution < 1.29 is 4.74 Å². The van der Waals surface area contributed by atoms with E-state index in [-0.39, 0.29) is 17.8 Å². The van der Waals surface area contributed by atoms with Gasteiger partial charge in [-0.1, -0.05) is 6.07 Å². The monoisotopic (exact) mass is 514 g/mol. The summed E-state index contributed by atoms with van der Waals surface area (Å²) in [4.78, 5) is 27.6. The molecule has 4 heterocycles. The highest BCUT2D eigenvalue weighted by Crippen LogP contribution is 2.35. The van der Waals surface area contributed by atoms with Crippen molar-refractivity contribution in [2.24, 2.45) is 13.0 Å². The molecule has 1 atom stereocenters. The molecule has 1 saturated carbocycles. The van der Waals surface area contributed by atoms with Gasteiger partial charge in [0.1, 0.15) is 5.82 Å². The van der Waals surface area contributed by atoms with Gasteiger partial charge in [-0.15, -0.1) is 0 Å². The molecule has 3 aromatic heterocycles. The fourth-order valence-electron chi connectivity index (χ4n) is 6.53. The lowest BCUT2D eigenvalue weighted by molar-refractivity contribution is 0.0585. The number of rotatable bonds is 6. The Hall–Kier alpha value is -3.23. The number of aryl methyl sites for hydroxylation is 1. The van der Waals surface area contributed by atoms with E-state index in [1.165, 1.54) is 6.42 Å². The first-order chi connectivity index (χ1) is 18.4. The molecule has 38 heavy (non-hydrogen) atoms. The second-order valence-electron chi connectivity index (χ2n) is 11.4. The van der Waals surface area contributed by atoms with Crippen molar-refractivity contribution in [1.82, 2.24) is 24.0 Å². The van der Waals surface area contributed by atoms with Crippen LogP contribution in [0.5, 0.6) is 0 Å². The van der Waals surface area contributed by atoms with E-state index in [4.69, 9.17) is 14.7 Å². The molecule has 1 aromatic carbocycles.